The molecule has 0 saturated carbocycles. The molecule has 0 spiro atoms. The second kappa shape index (κ2) is 11.6. The van der Waals surface area contributed by atoms with Crippen molar-refractivity contribution in [2.75, 3.05) is 39.7 Å². The number of carbonyl (C=O) groups is 1. The summed E-state index contributed by atoms with van der Waals surface area (Å²) in [6, 6.07) is 14.0. The Morgan fingerprint density at radius 2 is 1.98 bits per heavy atom. The fraction of sp³-hybridized carbons (Fsp3) is 0.333. The molecule has 40 heavy (non-hydrogen) atoms. The molecule has 1 amide bonds. The SMILES string of the molecule is Nc1ccccc1N1CCC(CC(=O)Nc2ccc3cc2CCC2C=NC=C(C2)Nc2ncc(Cl)c(n2)N3)CC1. The number of aromatic nitrogens is 2. The third kappa shape index (κ3) is 6.04. The van der Waals surface area contributed by atoms with Crippen LogP contribution in [0.4, 0.5) is 34.5 Å². The molecule has 4 heterocycles. The van der Waals surface area contributed by atoms with E-state index in [2.05, 4.69) is 47.9 Å². The number of nitrogens with zero attached hydrogens (tertiary/aromatic N) is 4. The number of anilines is 6. The van der Waals surface area contributed by atoms with E-state index in [0.29, 0.717) is 29.1 Å². The third-order valence-corrected chi connectivity index (χ3v) is 8.10. The second-order valence-electron chi connectivity index (χ2n) is 10.7. The predicted octanol–water partition coefficient (Wildman–Crippen LogP) is 5.99. The highest BCUT2D eigenvalue weighted by molar-refractivity contribution is 6.32. The van der Waals surface area contributed by atoms with Gasteiger partial charge in [0, 0.05) is 54.9 Å². The number of para-hydroxylation sites is 2. The number of nitrogens with one attached hydrogen (secondary N) is 3. The molecule has 0 aliphatic carbocycles. The van der Waals surface area contributed by atoms with Gasteiger partial charge in [-0.15, -0.1) is 0 Å². The molecule has 10 heteroatoms. The number of aryl methyl sites for hydroxylation is 1. The first-order chi connectivity index (χ1) is 19.5. The molecule has 3 aromatic rings. The summed E-state index contributed by atoms with van der Waals surface area (Å²) in [5.74, 6) is 1.65. The maximum absolute atomic E-state index is 13.2. The molecule has 6 rings (SSSR count). The molecular formula is C30H33ClN8O. The molecule has 1 unspecified atom stereocenters. The van der Waals surface area contributed by atoms with Crippen LogP contribution in [0.3, 0.4) is 0 Å². The summed E-state index contributed by atoms with van der Waals surface area (Å²) in [4.78, 5) is 28.8. The van der Waals surface area contributed by atoms with Gasteiger partial charge in [-0.2, -0.15) is 4.98 Å². The van der Waals surface area contributed by atoms with Crippen LogP contribution >= 0.6 is 11.6 Å². The molecule has 6 bridgehead atoms. The van der Waals surface area contributed by atoms with Crippen LogP contribution in [-0.2, 0) is 11.2 Å². The van der Waals surface area contributed by atoms with E-state index >= 15 is 0 Å². The van der Waals surface area contributed by atoms with Crippen LogP contribution in [0.25, 0.3) is 0 Å². The van der Waals surface area contributed by atoms with Crippen molar-refractivity contribution in [3.63, 3.8) is 0 Å². The Labute approximate surface area is 238 Å². The predicted molar refractivity (Wildman–Crippen MR) is 162 cm³/mol. The molecule has 3 aliphatic rings. The zero-order valence-corrected chi connectivity index (χ0v) is 23.0. The fourth-order valence-electron chi connectivity index (χ4n) is 5.66. The first-order valence-electron chi connectivity index (χ1n) is 13.8. The monoisotopic (exact) mass is 556 g/mol. The van der Waals surface area contributed by atoms with Crippen LogP contribution in [0, 0.1) is 11.8 Å². The second-order valence-corrected chi connectivity index (χ2v) is 11.1. The lowest BCUT2D eigenvalue weighted by atomic mass is 9.92. The Kier molecular flexibility index (Phi) is 7.55. The van der Waals surface area contributed by atoms with Crippen LogP contribution in [0.15, 0.2) is 65.6 Å². The van der Waals surface area contributed by atoms with E-state index in [1.807, 2.05) is 42.7 Å². The quantitative estimate of drug-likeness (QED) is 0.291. The Balaban J connectivity index is 1.15. The minimum absolute atomic E-state index is 0.0506. The molecule has 1 aromatic heterocycles. The molecule has 0 radical (unpaired) electrons. The van der Waals surface area contributed by atoms with Crippen molar-refractivity contribution in [2.24, 2.45) is 16.8 Å². The van der Waals surface area contributed by atoms with Gasteiger partial charge in [-0.1, -0.05) is 23.7 Å². The van der Waals surface area contributed by atoms with Crippen molar-refractivity contribution in [2.45, 2.75) is 38.5 Å². The average Bonchev–Trinajstić information content (AvgIpc) is 2.96. The summed E-state index contributed by atoms with van der Waals surface area (Å²) in [6.07, 6.45) is 10.3. The number of aliphatic imine (C=N–C) groups is 1. The largest absolute Gasteiger partial charge is 0.397 e. The summed E-state index contributed by atoms with van der Waals surface area (Å²) in [6.45, 7) is 1.80. The lowest BCUT2D eigenvalue weighted by Crippen LogP contribution is -2.35. The number of halogens is 1. The van der Waals surface area contributed by atoms with Gasteiger partial charge in [0.1, 0.15) is 5.02 Å². The zero-order chi connectivity index (χ0) is 27.5. The lowest BCUT2D eigenvalue weighted by Gasteiger charge is -2.34. The third-order valence-electron chi connectivity index (χ3n) is 7.82. The number of piperidine rings is 1. The standard InChI is InChI=1S/C30H33ClN8O/c31-24-18-34-30-36-23-13-20(16-33-17-23)5-6-21-15-22(35-29(24)38-30)7-8-26(21)37-28(40)14-19-9-11-39(12-10-19)27-4-2-1-3-25(27)32/h1-4,7-8,15-20H,5-6,9-14,32H2,(H,37,40)(H2,34,35,36,38). The van der Waals surface area contributed by atoms with Crippen molar-refractivity contribution in [1.82, 2.24) is 9.97 Å². The molecule has 1 atom stereocenters. The molecule has 2 aromatic carbocycles. The maximum Gasteiger partial charge on any atom is 0.229 e. The van der Waals surface area contributed by atoms with Gasteiger partial charge in [0.2, 0.25) is 11.9 Å². The van der Waals surface area contributed by atoms with Crippen LogP contribution in [0.5, 0.6) is 0 Å². The molecule has 1 fully saturated rings. The van der Waals surface area contributed by atoms with Crippen molar-refractivity contribution in [3.05, 3.63) is 71.1 Å². The molecule has 9 nitrogen and oxygen atoms in total. The summed E-state index contributed by atoms with van der Waals surface area (Å²) < 4.78 is 0. The van der Waals surface area contributed by atoms with E-state index in [1.165, 1.54) is 0 Å². The number of rotatable bonds is 4. The summed E-state index contributed by atoms with van der Waals surface area (Å²) in [5.41, 5.74) is 11.8. The summed E-state index contributed by atoms with van der Waals surface area (Å²) >= 11 is 6.40. The number of hydrogen-bond donors (Lipinski definition) is 4. The Morgan fingerprint density at radius 1 is 1.12 bits per heavy atom. The van der Waals surface area contributed by atoms with E-state index < -0.39 is 0 Å². The number of nitrogen functional groups attached to an aromatic ring is 1. The van der Waals surface area contributed by atoms with E-state index in [9.17, 15) is 4.79 Å². The highest BCUT2D eigenvalue weighted by Crippen LogP contribution is 2.32. The molecular weight excluding hydrogens is 524 g/mol. The van der Waals surface area contributed by atoms with Gasteiger partial charge in [-0.3, -0.25) is 9.79 Å². The van der Waals surface area contributed by atoms with Gasteiger partial charge in [0.25, 0.3) is 0 Å². The number of benzene rings is 2. The van der Waals surface area contributed by atoms with Crippen molar-refractivity contribution in [3.8, 4) is 0 Å². The highest BCUT2D eigenvalue weighted by atomic mass is 35.5. The number of hydrogen-bond acceptors (Lipinski definition) is 8. The van der Waals surface area contributed by atoms with Crippen LogP contribution in [-0.4, -0.2) is 35.2 Å². The van der Waals surface area contributed by atoms with Gasteiger partial charge >= 0.3 is 0 Å². The summed E-state index contributed by atoms with van der Waals surface area (Å²) in [5, 5.41) is 10.2. The van der Waals surface area contributed by atoms with Gasteiger partial charge < -0.3 is 26.6 Å². The van der Waals surface area contributed by atoms with Crippen LogP contribution in [0.2, 0.25) is 5.02 Å². The molecule has 1 saturated heterocycles. The van der Waals surface area contributed by atoms with E-state index in [4.69, 9.17) is 17.3 Å². The zero-order valence-electron chi connectivity index (χ0n) is 22.2. The van der Waals surface area contributed by atoms with E-state index in [0.717, 1.165) is 79.2 Å². The van der Waals surface area contributed by atoms with E-state index in [1.54, 1.807) is 6.20 Å². The molecule has 3 aliphatic heterocycles. The number of fused-ring (bicyclic) bond motifs is 6. The Hall–Kier alpha value is -4.11. The number of nitrogens with two attached hydrogens (primary N) is 1. The van der Waals surface area contributed by atoms with Crippen molar-refractivity contribution < 1.29 is 4.79 Å². The molecule has 5 N–H and O–H groups in total. The van der Waals surface area contributed by atoms with Crippen LogP contribution < -0.4 is 26.6 Å². The van der Waals surface area contributed by atoms with Gasteiger partial charge in [0.05, 0.1) is 17.6 Å². The summed E-state index contributed by atoms with van der Waals surface area (Å²) in [7, 11) is 0. The topological polar surface area (TPSA) is 121 Å². The van der Waals surface area contributed by atoms with Gasteiger partial charge in [-0.25, -0.2) is 4.98 Å². The Bertz CT molecular complexity index is 1460. The average molecular weight is 557 g/mol. The first kappa shape index (κ1) is 26.1. The van der Waals surface area contributed by atoms with Crippen molar-refractivity contribution >= 4 is 58.2 Å². The normalized spacial score (nSPS) is 18.8. The fourth-order valence-corrected chi connectivity index (χ4v) is 5.79. The van der Waals surface area contributed by atoms with Crippen molar-refractivity contribution in [1.29, 1.82) is 0 Å². The number of carbonyl (C=O) groups excluding carboxylic acids is 1. The molecule has 206 valence electrons. The minimum atomic E-state index is 0.0506. The smallest absolute Gasteiger partial charge is 0.229 e. The first-order valence-corrected chi connectivity index (χ1v) is 14.2. The van der Waals surface area contributed by atoms with Crippen LogP contribution in [0.1, 0.15) is 37.7 Å². The number of amides is 1. The van der Waals surface area contributed by atoms with E-state index in [-0.39, 0.29) is 11.8 Å². The highest BCUT2D eigenvalue weighted by Gasteiger charge is 2.23. The minimum Gasteiger partial charge on any atom is -0.397 e. The van der Waals surface area contributed by atoms with Gasteiger partial charge in [0.15, 0.2) is 5.82 Å². The lowest BCUT2D eigenvalue weighted by molar-refractivity contribution is -0.117. The Morgan fingerprint density at radius 3 is 2.83 bits per heavy atom. The van der Waals surface area contributed by atoms with Gasteiger partial charge in [-0.05, 0) is 73.9 Å². The maximum atomic E-state index is 13.2. The number of allylic oxidation sites excluding steroid dienone is 1.